The number of nitrogens with zero attached hydrogens (tertiary/aromatic N) is 3. The van der Waals surface area contributed by atoms with Gasteiger partial charge in [-0.3, -0.25) is 0 Å². The highest BCUT2D eigenvalue weighted by atomic mass is 32.1. The van der Waals surface area contributed by atoms with Crippen LogP contribution < -0.4 is 15.4 Å². The summed E-state index contributed by atoms with van der Waals surface area (Å²) in [7, 11) is 1.77. The van der Waals surface area contributed by atoms with E-state index in [-0.39, 0.29) is 6.04 Å². The Bertz CT molecular complexity index is 613. The van der Waals surface area contributed by atoms with Crippen LogP contribution in [0.4, 0.5) is 11.9 Å². The summed E-state index contributed by atoms with van der Waals surface area (Å²) in [5.41, 5.74) is 1.27. The molecule has 6 nitrogen and oxygen atoms in total. The molecular weight excluding hydrogens is 286 g/mol. The van der Waals surface area contributed by atoms with Gasteiger partial charge in [-0.15, -0.1) is 11.3 Å². The molecule has 1 atom stereocenters. The number of aromatic nitrogens is 3. The van der Waals surface area contributed by atoms with Crippen molar-refractivity contribution in [1.29, 1.82) is 0 Å². The minimum atomic E-state index is 0.122. The second kappa shape index (κ2) is 6.71. The molecule has 0 aliphatic carbocycles. The summed E-state index contributed by atoms with van der Waals surface area (Å²) in [6, 6.07) is 2.64. The third-order valence-electron chi connectivity index (χ3n) is 3.00. The maximum Gasteiger partial charge on any atom is 0.323 e. The number of aryl methyl sites for hydroxylation is 2. The van der Waals surface area contributed by atoms with Crippen molar-refractivity contribution in [2.75, 3.05) is 24.3 Å². The molecule has 0 amide bonds. The van der Waals surface area contributed by atoms with Crippen LogP contribution in [0.3, 0.4) is 0 Å². The zero-order chi connectivity index (χ0) is 15.4. The fourth-order valence-corrected chi connectivity index (χ4v) is 3.10. The second-order valence-corrected chi connectivity index (χ2v) is 6.14. The van der Waals surface area contributed by atoms with Crippen LogP contribution in [0.15, 0.2) is 6.07 Å². The molecule has 0 saturated heterocycles. The fraction of sp³-hybridized carbons (Fsp3) is 0.500. The van der Waals surface area contributed by atoms with Gasteiger partial charge in [0.25, 0.3) is 0 Å². The summed E-state index contributed by atoms with van der Waals surface area (Å²) >= 11 is 1.80. The summed E-state index contributed by atoms with van der Waals surface area (Å²) in [6.07, 6.45) is 0. The Morgan fingerprint density at radius 1 is 1.24 bits per heavy atom. The minimum Gasteiger partial charge on any atom is -0.464 e. The first-order valence-corrected chi connectivity index (χ1v) is 7.75. The molecular formula is C14H21N5OS. The molecule has 2 heterocycles. The third kappa shape index (κ3) is 3.81. The Kier molecular flexibility index (Phi) is 4.95. The van der Waals surface area contributed by atoms with E-state index in [4.69, 9.17) is 4.74 Å². The summed E-state index contributed by atoms with van der Waals surface area (Å²) in [4.78, 5) is 15.4. The quantitative estimate of drug-likeness (QED) is 0.854. The summed E-state index contributed by atoms with van der Waals surface area (Å²) in [5.74, 6) is 0.995. The first-order valence-electron chi connectivity index (χ1n) is 6.93. The SMILES string of the molecule is CCOc1nc(NC)nc(NC(C)c2cc(C)sc2C)n1. The minimum absolute atomic E-state index is 0.122. The molecule has 0 saturated carbocycles. The lowest BCUT2D eigenvalue weighted by molar-refractivity contribution is 0.312. The third-order valence-corrected chi connectivity index (χ3v) is 3.99. The van der Waals surface area contributed by atoms with Gasteiger partial charge in [0.2, 0.25) is 11.9 Å². The van der Waals surface area contributed by atoms with Gasteiger partial charge < -0.3 is 15.4 Å². The van der Waals surface area contributed by atoms with Gasteiger partial charge in [0.05, 0.1) is 12.6 Å². The van der Waals surface area contributed by atoms with Crippen LogP contribution in [0.5, 0.6) is 6.01 Å². The molecule has 0 spiro atoms. The van der Waals surface area contributed by atoms with Gasteiger partial charge in [-0.25, -0.2) is 0 Å². The number of hydrogen-bond acceptors (Lipinski definition) is 7. The van der Waals surface area contributed by atoms with E-state index in [1.807, 2.05) is 6.92 Å². The van der Waals surface area contributed by atoms with Gasteiger partial charge in [-0.2, -0.15) is 15.0 Å². The maximum absolute atomic E-state index is 5.36. The number of ether oxygens (including phenoxy) is 1. The van der Waals surface area contributed by atoms with Crippen molar-refractivity contribution >= 4 is 23.2 Å². The van der Waals surface area contributed by atoms with Crippen molar-refractivity contribution in [3.63, 3.8) is 0 Å². The molecule has 0 radical (unpaired) electrons. The van der Waals surface area contributed by atoms with Gasteiger partial charge in [0.1, 0.15) is 0 Å². The monoisotopic (exact) mass is 307 g/mol. The van der Waals surface area contributed by atoms with Crippen LogP contribution in [0.25, 0.3) is 0 Å². The molecule has 2 N–H and O–H groups in total. The molecule has 0 aromatic carbocycles. The molecule has 0 aliphatic heterocycles. The number of thiophene rings is 1. The fourth-order valence-electron chi connectivity index (χ4n) is 2.08. The van der Waals surface area contributed by atoms with Gasteiger partial charge in [-0.05, 0) is 39.3 Å². The summed E-state index contributed by atoms with van der Waals surface area (Å²) < 4.78 is 5.36. The van der Waals surface area contributed by atoms with Crippen LogP contribution in [0, 0.1) is 13.8 Å². The average molecular weight is 307 g/mol. The van der Waals surface area contributed by atoms with Crippen LogP contribution in [0.1, 0.15) is 35.2 Å². The first kappa shape index (κ1) is 15.5. The molecule has 2 rings (SSSR count). The molecule has 0 aliphatic rings. The standard InChI is InChI=1S/C14H21N5OS/c1-6-20-14-18-12(15-5)17-13(19-14)16-9(3)11-7-8(2)21-10(11)4/h7,9H,6H2,1-5H3,(H2,15,16,17,18,19). The molecule has 1 unspecified atom stereocenters. The van der Waals surface area contributed by atoms with E-state index in [0.29, 0.717) is 24.5 Å². The molecule has 21 heavy (non-hydrogen) atoms. The highest BCUT2D eigenvalue weighted by Gasteiger charge is 2.14. The summed E-state index contributed by atoms with van der Waals surface area (Å²) in [6.45, 7) is 8.76. The van der Waals surface area contributed by atoms with E-state index in [1.165, 1.54) is 15.3 Å². The molecule has 2 aromatic heterocycles. The Morgan fingerprint density at radius 3 is 2.52 bits per heavy atom. The number of anilines is 2. The lowest BCUT2D eigenvalue weighted by Crippen LogP contribution is -2.12. The Balaban J connectivity index is 2.21. The molecule has 7 heteroatoms. The van der Waals surface area contributed by atoms with Crippen molar-refractivity contribution in [2.24, 2.45) is 0 Å². The van der Waals surface area contributed by atoms with Crippen molar-refractivity contribution in [3.8, 4) is 6.01 Å². The van der Waals surface area contributed by atoms with Crippen molar-refractivity contribution in [3.05, 3.63) is 21.4 Å². The lowest BCUT2D eigenvalue weighted by atomic mass is 10.1. The topological polar surface area (TPSA) is 72.0 Å². The Hall–Kier alpha value is -1.89. The molecule has 0 bridgehead atoms. The Morgan fingerprint density at radius 2 is 1.95 bits per heavy atom. The predicted molar refractivity (Wildman–Crippen MR) is 86.4 cm³/mol. The van der Waals surface area contributed by atoms with Gasteiger partial charge in [-0.1, -0.05) is 0 Å². The Labute approximate surface area is 129 Å². The molecule has 114 valence electrons. The van der Waals surface area contributed by atoms with E-state index in [2.05, 4.69) is 52.4 Å². The lowest BCUT2D eigenvalue weighted by Gasteiger charge is -2.15. The molecule has 0 fully saturated rings. The van der Waals surface area contributed by atoms with Crippen LogP contribution in [-0.2, 0) is 0 Å². The zero-order valence-corrected chi connectivity index (χ0v) is 13.8. The second-order valence-electron chi connectivity index (χ2n) is 4.68. The van der Waals surface area contributed by atoms with E-state index in [9.17, 15) is 0 Å². The van der Waals surface area contributed by atoms with E-state index in [0.717, 1.165) is 0 Å². The number of hydrogen-bond donors (Lipinski definition) is 2. The van der Waals surface area contributed by atoms with E-state index in [1.54, 1.807) is 18.4 Å². The van der Waals surface area contributed by atoms with Crippen molar-refractivity contribution in [1.82, 2.24) is 15.0 Å². The average Bonchev–Trinajstić information content (AvgIpc) is 2.78. The van der Waals surface area contributed by atoms with Crippen LogP contribution in [0.2, 0.25) is 0 Å². The smallest absolute Gasteiger partial charge is 0.323 e. The number of nitrogens with one attached hydrogen (secondary N) is 2. The highest BCUT2D eigenvalue weighted by Crippen LogP contribution is 2.28. The van der Waals surface area contributed by atoms with Crippen LogP contribution >= 0.6 is 11.3 Å². The maximum atomic E-state index is 5.36. The zero-order valence-electron chi connectivity index (χ0n) is 13.0. The van der Waals surface area contributed by atoms with Crippen molar-refractivity contribution < 1.29 is 4.74 Å². The van der Waals surface area contributed by atoms with Gasteiger partial charge in [0, 0.05) is 16.8 Å². The largest absolute Gasteiger partial charge is 0.464 e. The number of rotatable bonds is 6. The van der Waals surface area contributed by atoms with Gasteiger partial charge >= 0.3 is 6.01 Å². The normalized spacial score (nSPS) is 12.0. The summed E-state index contributed by atoms with van der Waals surface area (Å²) in [5, 5.41) is 6.22. The predicted octanol–water partition coefficient (Wildman–Crippen LogP) is 3.16. The van der Waals surface area contributed by atoms with Crippen LogP contribution in [-0.4, -0.2) is 28.6 Å². The van der Waals surface area contributed by atoms with Crippen molar-refractivity contribution in [2.45, 2.75) is 33.7 Å². The highest BCUT2D eigenvalue weighted by molar-refractivity contribution is 7.12. The van der Waals surface area contributed by atoms with E-state index >= 15 is 0 Å². The molecule has 2 aromatic rings. The first-order chi connectivity index (χ1) is 10.0. The van der Waals surface area contributed by atoms with E-state index < -0.39 is 0 Å². The van der Waals surface area contributed by atoms with Gasteiger partial charge in [0.15, 0.2) is 0 Å².